The number of aryl methyl sites for hydroxylation is 1. The molecule has 0 radical (unpaired) electrons. The smallest absolute Gasteiger partial charge is 0.130 e. The quantitative estimate of drug-likeness (QED) is 0.846. The van der Waals surface area contributed by atoms with Gasteiger partial charge in [0.2, 0.25) is 0 Å². The third-order valence-electron chi connectivity index (χ3n) is 3.31. The summed E-state index contributed by atoms with van der Waals surface area (Å²) >= 11 is 6.24. The van der Waals surface area contributed by atoms with Crippen molar-refractivity contribution in [3.8, 4) is 11.5 Å². The van der Waals surface area contributed by atoms with Crippen LogP contribution in [0.5, 0.6) is 11.5 Å². The lowest BCUT2D eigenvalue weighted by molar-refractivity contribution is 0.471. The minimum absolute atomic E-state index is 0.269. The SMILES string of the molecule is Cc1cc(Cl)c(C(C)C)cc1Oc1cc(F)cc(CN)c1. The van der Waals surface area contributed by atoms with Gasteiger partial charge in [0.1, 0.15) is 17.3 Å². The van der Waals surface area contributed by atoms with Gasteiger partial charge in [0.15, 0.2) is 0 Å². The molecule has 0 atom stereocenters. The van der Waals surface area contributed by atoms with Crippen molar-refractivity contribution < 1.29 is 9.13 Å². The highest BCUT2D eigenvalue weighted by Gasteiger charge is 2.11. The normalized spacial score (nSPS) is 11.0. The maximum absolute atomic E-state index is 13.5. The molecule has 2 aromatic carbocycles. The third-order valence-corrected chi connectivity index (χ3v) is 3.64. The molecule has 2 N–H and O–H groups in total. The summed E-state index contributed by atoms with van der Waals surface area (Å²) in [6.45, 7) is 6.31. The van der Waals surface area contributed by atoms with E-state index in [0.29, 0.717) is 17.1 Å². The summed E-state index contributed by atoms with van der Waals surface area (Å²) in [5.74, 6) is 1.04. The van der Waals surface area contributed by atoms with Crippen LogP contribution in [0.1, 0.15) is 36.5 Å². The van der Waals surface area contributed by atoms with Gasteiger partial charge in [-0.15, -0.1) is 0 Å². The molecule has 112 valence electrons. The molecule has 21 heavy (non-hydrogen) atoms. The molecule has 0 saturated heterocycles. The van der Waals surface area contributed by atoms with Crippen LogP contribution in [0.25, 0.3) is 0 Å². The first-order valence-electron chi connectivity index (χ1n) is 6.88. The van der Waals surface area contributed by atoms with Crippen LogP contribution in [0.2, 0.25) is 5.02 Å². The molecule has 0 unspecified atom stereocenters. The van der Waals surface area contributed by atoms with Crippen LogP contribution in [-0.2, 0) is 6.54 Å². The van der Waals surface area contributed by atoms with Gasteiger partial charge >= 0.3 is 0 Å². The number of hydrogen-bond donors (Lipinski definition) is 1. The zero-order valence-corrected chi connectivity index (χ0v) is 13.2. The zero-order chi connectivity index (χ0) is 15.6. The van der Waals surface area contributed by atoms with E-state index in [1.165, 1.54) is 12.1 Å². The van der Waals surface area contributed by atoms with Crippen LogP contribution >= 0.6 is 11.6 Å². The average Bonchev–Trinajstić information content (AvgIpc) is 2.40. The van der Waals surface area contributed by atoms with Crippen molar-refractivity contribution in [1.82, 2.24) is 0 Å². The number of benzene rings is 2. The summed E-state index contributed by atoms with van der Waals surface area (Å²) in [6, 6.07) is 8.28. The molecule has 0 aromatic heterocycles. The predicted molar refractivity (Wildman–Crippen MR) is 84.6 cm³/mol. The van der Waals surface area contributed by atoms with Gasteiger partial charge in [0.25, 0.3) is 0 Å². The van der Waals surface area contributed by atoms with Crippen molar-refractivity contribution in [3.05, 3.63) is 57.9 Å². The summed E-state index contributed by atoms with van der Waals surface area (Å²) < 4.78 is 19.4. The zero-order valence-electron chi connectivity index (χ0n) is 12.4. The Kier molecular flexibility index (Phi) is 4.86. The fourth-order valence-electron chi connectivity index (χ4n) is 2.15. The Morgan fingerprint density at radius 2 is 1.90 bits per heavy atom. The van der Waals surface area contributed by atoms with E-state index in [2.05, 4.69) is 13.8 Å². The van der Waals surface area contributed by atoms with Gasteiger partial charge in [-0.1, -0.05) is 25.4 Å². The summed E-state index contributed by atoms with van der Waals surface area (Å²) in [7, 11) is 0. The molecular formula is C17H19ClFNO. The van der Waals surface area contributed by atoms with E-state index >= 15 is 0 Å². The van der Waals surface area contributed by atoms with Crippen LogP contribution in [0, 0.1) is 12.7 Å². The number of hydrogen-bond acceptors (Lipinski definition) is 2. The molecule has 0 amide bonds. The van der Waals surface area contributed by atoms with Crippen LogP contribution in [0.4, 0.5) is 4.39 Å². The van der Waals surface area contributed by atoms with Gasteiger partial charge in [0.05, 0.1) is 0 Å². The first-order chi connectivity index (χ1) is 9.90. The fourth-order valence-corrected chi connectivity index (χ4v) is 2.58. The lowest BCUT2D eigenvalue weighted by Gasteiger charge is -2.15. The van der Waals surface area contributed by atoms with E-state index in [4.69, 9.17) is 22.1 Å². The molecule has 0 fully saturated rings. The van der Waals surface area contributed by atoms with Crippen molar-refractivity contribution in [3.63, 3.8) is 0 Å². The maximum atomic E-state index is 13.5. The predicted octanol–water partition coefficient (Wildman–Crippen LogP) is 5.16. The first kappa shape index (κ1) is 15.8. The molecule has 0 aliphatic rings. The van der Waals surface area contributed by atoms with E-state index in [0.717, 1.165) is 16.1 Å². The minimum atomic E-state index is -0.358. The number of rotatable bonds is 4. The lowest BCUT2D eigenvalue weighted by atomic mass is 10.0. The lowest BCUT2D eigenvalue weighted by Crippen LogP contribution is -1.99. The second-order valence-corrected chi connectivity index (χ2v) is 5.80. The molecule has 0 saturated carbocycles. The Labute approximate surface area is 129 Å². The summed E-state index contributed by atoms with van der Waals surface area (Å²) in [5, 5.41) is 0.719. The fraction of sp³-hybridized carbons (Fsp3) is 0.294. The molecule has 2 nitrogen and oxygen atoms in total. The van der Waals surface area contributed by atoms with E-state index < -0.39 is 0 Å². The summed E-state index contributed by atoms with van der Waals surface area (Å²) in [4.78, 5) is 0. The molecule has 0 bridgehead atoms. The van der Waals surface area contributed by atoms with Crippen molar-refractivity contribution in [1.29, 1.82) is 0 Å². The van der Waals surface area contributed by atoms with Gasteiger partial charge in [-0.05, 0) is 53.8 Å². The largest absolute Gasteiger partial charge is 0.457 e. The number of halogens is 2. The topological polar surface area (TPSA) is 35.2 Å². The molecule has 0 aliphatic heterocycles. The highest BCUT2D eigenvalue weighted by molar-refractivity contribution is 6.31. The van der Waals surface area contributed by atoms with E-state index in [1.54, 1.807) is 6.07 Å². The van der Waals surface area contributed by atoms with Gasteiger partial charge < -0.3 is 10.5 Å². The Balaban J connectivity index is 2.39. The maximum Gasteiger partial charge on any atom is 0.130 e. The highest BCUT2D eigenvalue weighted by Crippen LogP contribution is 2.34. The second kappa shape index (κ2) is 6.46. The van der Waals surface area contributed by atoms with Crippen LogP contribution < -0.4 is 10.5 Å². The summed E-state index contributed by atoms with van der Waals surface area (Å²) in [6.07, 6.45) is 0. The molecular weight excluding hydrogens is 289 g/mol. The van der Waals surface area contributed by atoms with Crippen LogP contribution in [-0.4, -0.2) is 0 Å². The average molecular weight is 308 g/mol. The van der Waals surface area contributed by atoms with Gasteiger partial charge in [-0.25, -0.2) is 4.39 Å². The van der Waals surface area contributed by atoms with Crippen molar-refractivity contribution in [2.24, 2.45) is 5.73 Å². The molecule has 0 heterocycles. The standard InChI is InChI=1S/C17H19ClFNO/c1-10(2)15-8-17(11(3)4-16(15)18)21-14-6-12(9-20)5-13(19)7-14/h4-8,10H,9,20H2,1-3H3. The molecule has 0 spiro atoms. The Hall–Kier alpha value is -1.58. The van der Waals surface area contributed by atoms with Crippen LogP contribution in [0.3, 0.4) is 0 Å². The third kappa shape index (κ3) is 3.74. The Morgan fingerprint density at radius 1 is 1.19 bits per heavy atom. The monoisotopic (exact) mass is 307 g/mol. The van der Waals surface area contributed by atoms with Gasteiger partial charge in [-0.3, -0.25) is 0 Å². The first-order valence-corrected chi connectivity index (χ1v) is 7.26. The minimum Gasteiger partial charge on any atom is -0.457 e. The van der Waals surface area contributed by atoms with Gasteiger partial charge in [-0.2, -0.15) is 0 Å². The van der Waals surface area contributed by atoms with Crippen molar-refractivity contribution in [2.75, 3.05) is 0 Å². The van der Waals surface area contributed by atoms with Gasteiger partial charge in [0, 0.05) is 17.6 Å². The molecule has 0 aliphatic carbocycles. The highest BCUT2D eigenvalue weighted by atomic mass is 35.5. The van der Waals surface area contributed by atoms with Crippen molar-refractivity contribution in [2.45, 2.75) is 33.2 Å². The Morgan fingerprint density at radius 3 is 2.52 bits per heavy atom. The van der Waals surface area contributed by atoms with E-state index in [9.17, 15) is 4.39 Å². The Bertz CT molecular complexity index is 655. The summed E-state index contributed by atoms with van der Waals surface area (Å²) in [5.41, 5.74) is 8.16. The van der Waals surface area contributed by atoms with Crippen molar-refractivity contribution >= 4 is 11.6 Å². The van der Waals surface area contributed by atoms with E-state index in [1.807, 2.05) is 19.1 Å². The van der Waals surface area contributed by atoms with Crippen LogP contribution in [0.15, 0.2) is 30.3 Å². The second-order valence-electron chi connectivity index (χ2n) is 5.40. The van der Waals surface area contributed by atoms with E-state index in [-0.39, 0.29) is 18.3 Å². The molecule has 2 aromatic rings. The molecule has 4 heteroatoms. The number of ether oxygens (including phenoxy) is 1. The number of nitrogens with two attached hydrogens (primary N) is 1. The molecule has 2 rings (SSSR count).